The number of carbonyl (C=O) groups excluding carboxylic acids is 1. The highest BCUT2D eigenvalue weighted by Crippen LogP contribution is 2.13. The summed E-state index contributed by atoms with van der Waals surface area (Å²) in [5, 5.41) is 6.64. The van der Waals surface area contributed by atoms with Gasteiger partial charge in [-0.3, -0.25) is 9.79 Å². The third-order valence-electron chi connectivity index (χ3n) is 4.50. The fourth-order valence-electron chi connectivity index (χ4n) is 2.77. The van der Waals surface area contributed by atoms with E-state index in [0.29, 0.717) is 18.0 Å². The molecule has 0 fully saturated rings. The van der Waals surface area contributed by atoms with Crippen LogP contribution >= 0.6 is 0 Å². The smallest absolute Gasteiger partial charge is 0.253 e. The minimum absolute atomic E-state index is 0.00602. The highest BCUT2D eigenvalue weighted by atomic mass is 16.5. The van der Waals surface area contributed by atoms with E-state index in [1.807, 2.05) is 36.4 Å². The average Bonchev–Trinajstić information content (AvgIpc) is 2.75. The van der Waals surface area contributed by atoms with Crippen LogP contribution in [0, 0.1) is 5.92 Å². The first kappa shape index (κ1) is 23.3. The number of carbonyl (C=O) groups is 1. The van der Waals surface area contributed by atoms with Gasteiger partial charge in [-0.15, -0.1) is 0 Å². The van der Waals surface area contributed by atoms with E-state index >= 15 is 0 Å². The molecule has 0 bridgehead atoms. The third kappa shape index (κ3) is 7.78. The minimum Gasteiger partial charge on any atom is -0.493 e. The fourth-order valence-corrected chi connectivity index (χ4v) is 2.77. The molecular weight excluding hydrogens is 376 g/mol. The van der Waals surface area contributed by atoms with Crippen molar-refractivity contribution in [2.45, 2.75) is 26.8 Å². The summed E-state index contributed by atoms with van der Waals surface area (Å²) in [6.07, 6.45) is 0.895. The predicted molar refractivity (Wildman–Crippen MR) is 123 cm³/mol. The van der Waals surface area contributed by atoms with Crippen molar-refractivity contribution >= 4 is 11.9 Å². The number of ether oxygens (including phenoxy) is 1. The molecule has 0 saturated carbocycles. The number of amides is 1. The number of nitrogens with zero attached hydrogens (tertiary/aromatic N) is 2. The Balaban J connectivity index is 1.75. The van der Waals surface area contributed by atoms with E-state index in [9.17, 15) is 4.79 Å². The van der Waals surface area contributed by atoms with Crippen LogP contribution in [0.4, 0.5) is 0 Å². The Morgan fingerprint density at radius 3 is 2.20 bits per heavy atom. The van der Waals surface area contributed by atoms with Crippen molar-refractivity contribution in [3.05, 3.63) is 65.2 Å². The molecule has 30 heavy (non-hydrogen) atoms. The Labute approximate surface area is 180 Å². The number of hydrogen-bond donors (Lipinski definition) is 2. The van der Waals surface area contributed by atoms with Crippen molar-refractivity contribution < 1.29 is 9.53 Å². The number of rotatable bonds is 9. The molecular formula is C24H34N4O2. The summed E-state index contributed by atoms with van der Waals surface area (Å²) in [7, 11) is 5.26. The van der Waals surface area contributed by atoms with E-state index in [2.05, 4.69) is 41.6 Å². The maximum absolute atomic E-state index is 12.0. The zero-order valence-electron chi connectivity index (χ0n) is 18.7. The van der Waals surface area contributed by atoms with Crippen molar-refractivity contribution in [1.82, 2.24) is 15.5 Å². The molecule has 0 unspecified atom stereocenters. The quantitative estimate of drug-likeness (QED) is 0.492. The summed E-state index contributed by atoms with van der Waals surface area (Å²) in [4.78, 5) is 17.8. The molecule has 0 atom stereocenters. The Morgan fingerprint density at radius 1 is 1.00 bits per heavy atom. The zero-order valence-corrected chi connectivity index (χ0v) is 18.7. The zero-order chi connectivity index (χ0) is 21.9. The van der Waals surface area contributed by atoms with Gasteiger partial charge >= 0.3 is 0 Å². The summed E-state index contributed by atoms with van der Waals surface area (Å²) in [6, 6.07) is 15.9. The Bertz CT molecular complexity index is 812. The molecule has 0 aliphatic rings. The van der Waals surface area contributed by atoms with Gasteiger partial charge in [0, 0.05) is 39.8 Å². The lowest BCUT2D eigenvalue weighted by Gasteiger charge is -2.13. The van der Waals surface area contributed by atoms with Crippen LogP contribution in [-0.4, -0.2) is 51.1 Å². The van der Waals surface area contributed by atoms with Crippen LogP contribution in [0.2, 0.25) is 0 Å². The van der Waals surface area contributed by atoms with E-state index in [0.717, 1.165) is 36.8 Å². The Hall–Kier alpha value is -3.02. The van der Waals surface area contributed by atoms with E-state index in [1.54, 1.807) is 26.0 Å². The lowest BCUT2D eigenvalue weighted by molar-refractivity contribution is 0.0827. The second-order valence-corrected chi connectivity index (χ2v) is 7.85. The van der Waals surface area contributed by atoms with Crippen molar-refractivity contribution in [1.29, 1.82) is 0 Å². The van der Waals surface area contributed by atoms with Crippen molar-refractivity contribution in [3.8, 4) is 5.75 Å². The van der Waals surface area contributed by atoms with Crippen LogP contribution in [0.3, 0.4) is 0 Å². The number of guanidine groups is 1. The maximum Gasteiger partial charge on any atom is 0.253 e. The molecule has 2 aromatic carbocycles. The van der Waals surface area contributed by atoms with Gasteiger partial charge in [-0.05, 0) is 47.7 Å². The van der Waals surface area contributed by atoms with Crippen molar-refractivity contribution in [3.63, 3.8) is 0 Å². The molecule has 0 radical (unpaired) electrons. The van der Waals surface area contributed by atoms with Crippen LogP contribution in [-0.2, 0) is 13.0 Å². The van der Waals surface area contributed by atoms with E-state index in [-0.39, 0.29) is 5.91 Å². The lowest BCUT2D eigenvalue weighted by atomic mass is 10.1. The Kier molecular flexibility index (Phi) is 9.19. The molecule has 2 aromatic rings. The van der Waals surface area contributed by atoms with Crippen LogP contribution in [0.25, 0.3) is 0 Å². The van der Waals surface area contributed by atoms with Crippen LogP contribution in [0.1, 0.15) is 35.3 Å². The molecule has 6 heteroatoms. The van der Waals surface area contributed by atoms with Crippen LogP contribution < -0.4 is 15.4 Å². The minimum atomic E-state index is 0.00602. The summed E-state index contributed by atoms with van der Waals surface area (Å²) < 4.78 is 5.72. The van der Waals surface area contributed by atoms with Gasteiger partial charge in [0.15, 0.2) is 5.96 Å². The second-order valence-electron chi connectivity index (χ2n) is 7.85. The van der Waals surface area contributed by atoms with E-state index in [1.165, 1.54) is 5.56 Å². The van der Waals surface area contributed by atoms with Gasteiger partial charge < -0.3 is 20.3 Å². The molecule has 1 amide bonds. The first-order valence-corrected chi connectivity index (χ1v) is 10.4. The van der Waals surface area contributed by atoms with Gasteiger partial charge in [-0.25, -0.2) is 0 Å². The highest BCUT2D eigenvalue weighted by Gasteiger charge is 2.07. The molecule has 0 aliphatic heterocycles. The molecule has 162 valence electrons. The third-order valence-corrected chi connectivity index (χ3v) is 4.50. The normalized spacial score (nSPS) is 11.3. The van der Waals surface area contributed by atoms with E-state index < -0.39 is 0 Å². The number of hydrogen-bond acceptors (Lipinski definition) is 3. The molecule has 2 rings (SSSR count). The summed E-state index contributed by atoms with van der Waals surface area (Å²) in [5.41, 5.74) is 3.02. The van der Waals surface area contributed by atoms with Gasteiger partial charge in [-0.1, -0.05) is 38.1 Å². The molecule has 0 aromatic heterocycles. The predicted octanol–water partition coefficient (Wildman–Crippen LogP) is 3.33. The molecule has 0 aliphatic carbocycles. The Morgan fingerprint density at radius 2 is 1.63 bits per heavy atom. The molecule has 2 N–H and O–H groups in total. The standard InChI is InChI=1S/C24H34N4O2/c1-18(2)17-30-22-12-8-19(9-13-22)14-15-26-24(25-3)27-16-20-6-10-21(11-7-20)23(29)28(4)5/h6-13,18H,14-17H2,1-5H3,(H2,25,26,27). The van der Waals surface area contributed by atoms with E-state index in [4.69, 9.17) is 4.74 Å². The lowest BCUT2D eigenvalue weighted by Crippen LogP contribution is -2.37. The van der Waals surface area contributed by atoms with Gasteiger partial charge in [0.1, 0.15) is 5.75 Å². The average molecular weight is 411 g/mol. The number of aliphatic imine (C=N–C) groups is 1. The van der Waals surface area contributed by atoms with Gasteiger partial charge in [-0.2, -0.15) is 0 Å². The maximum atomic E-state index is 12.0. The summed E-state index contributed by atoms with van der Waals surface area (Å²) in [6.45, 7) is 6.43. The van der Waals surface area contributed by atoms with Gasteiger partial charge in [0.05, 0.1) is 6.61 Å². The molecule has 0 heterocycles. The monoisotopic (exact) mass is 410 g/mol. The van der Waals surface area contributed by atoms with Crippen molar-refractivity contribution in [2.75, 3.05) is 34.3 Å². The van der Waals surface area contributed by atoms with Crippen LogP contribution in [0.5, 0.6) is 5.75 Å². The molecule has 0 saturated heterocycles. The molecule has 6 nitrogen and oxygen atoms in total. The molecule has 0 spiro atoms. The first-order chi connectivity index (χ1) is 14.4. The second kappa shape index (κ2) is 11.9. The highest BCUT2D eigenvalue weighted by molar-refractivity contribution is 5.93. The topological polar surface area (TPSA) is 66.0 Å². The van der Waals surface area contributed by atoms with Gasteiger partial charge in [0.25, 0.3) is 5.91 Å². The summed E-state index contributed by atoms with van der Waals surface area (Å²) in [5.74, 6) is 2.19. The SMILES string of the molecule is CN=C(NCCc1ccc(OCC(C)C)cc1)NCc1ccc(C(=O)N(C)C)cc1. The first-order valence-electron chi connectivity index (χ1n) is 10.4. The number of benzene rings is 2. The fraction of sp³-hybridized carbons (Fsp3) is 0.417. The summed E-state index contributed by atoms with van der Waals surface area (Å²) >= 11 is 0. The van der Waals surface area contributed by atoms with Crippen LogP contribution in [0.15, 0.2) is 53.5 Å². The number of nitrogens with one attached hydrogen (secondary N) is 2. The van der Waals surface area contributed by atoms with Crippen molar-refractivity contribution in [2.24, 2.45) is 10.9 Å². The van der Waals surface area contributed by atoms with Gasteiger partial charge in [0.2, 0.25) is 0 Å². The largest absolute Gasteiger partial charge is 0.493 e.